The van der Waals surface area contributed by atoms with Crippen LogP contribution < -0.4 is 5.01 Å². The molecule has 2 rings (SSSR count). The molecule has 16 heavy (non-hydrogen) atoms. The van der Waals surface area contributed by atoms with Crippen molar-refractivity contribution in [3.8, 4) is 0 Å². The van der Waals surface area contributed by atoms with Gasteiger partial charge in [-0.2, -0.15) is 5.10 Å². The fourth-order valence-electron chi connectivity index (χ4n) is 1.54. The predicted molar refractivity (Wildman–Crippen MR) is 69.2 cm³/mol. The van der Waals surface area contributed by atoms with Crippen LogP contribution >= 0.6 is 0 Å². The molecule has 0 aliphatic heterocycles. The molecular weight excluding hydrogens is 196 g/mol. The van der Waals surface area contributed by atoms with Crippen LogP contribution in [-0.2, 0) is 0 Å². The van der Waals surface area contributed by atoms with Crippen molar-refractivity contribution in [2.45, 2.75) is 6.92 Å². The van der Waals surface area contributed by atoms with E-state index in [9.17, 15) is 0 Å². The Balaban J connectivity index is 2.39. The third kappa shape index (κ3) is 2.28. The summed E-state index contributed by atoms with van der Waals surface area (Å²) in [6, 6.07) is 20.2. The van der Waals surface area contributed by atoms with E-state index >= 15 is 0 Å². The Kier molecular flexibility index (Phi) is 3.34. The van der Waals surface area contributed by atoms with Crippen molar-refractivity contribution in [2.24, 2.45) is 5.10 Å². The Morgan fingerprint density at radius 2 is 1.25 bits per heavy atom. The lowest BCUT2D eigenvalue weighted by atomic mass is 10.2. The molecule has 0 amide bonds. The zero-order valence-electron chi connectivity index (χ0n) is 9.25. The van der Waals surface area contributed by atoms with Gasteiger partial charge in [-0.3, -0.25) is 0 Å². The first-order valence-electron chi connectivity index (χ1n) is 5.30. The molecule has 2 aromatic carbocycles. The zero-order chi connectivity index (χ0) is 11.2. The molecule has 2 heteroatoms. The van der Waals surface area contributed by atoms with Crippen molar-refractivity contribution in [1.82, 2.24) is 0 Å². The van der Waals surface area contributed by atoms with Crippen LogP contribution in [0.15, 0.2) is 65.8 Å². The van der Waals surface area contributed by atoms with Crippen molar-refractivity contribution in [3.05, 3.63) is 60.7 Å². The molecule has 0 spiro atoms. The van der Waals surface area contributed by atoms with Gasteiger partial charge in [0.2, 0.25) is 0 Å². The van der Waals surface area contributed by atoms with Crippen molar-refractivity contribution in [1.29, 1.82) is 0 Å². The fraction of sp³-hybridized carbons (Fsp3) is 0.0714. The van der Waals surface area contributed by atoms with E-state index in [0.29, 0.717) is 0 Å². The summed E-state index contributed by atoms with van der Waals surface area (Å²) >= 11 is 0. The van der Waals surface area contributed by atoms with Gasteiger partial charge < -0.3 is 0 Å². The van der Waals surface area contributed by atoms with Gasteiger partial charge in [0.15, 0.2) is 0 Å². The van der Waals surface area contributed by atoms with Gasteiger partial charge in [0.1, 0.15) is 0 Å². The van der Waals surface area contributed by atoms with Crippen LogP contribution in [0.1, 0.15) is 6.92 Å². The highest BCUT2D eigenvalue weighted by atomic mass is 15.5. The SMILES string of the molecule is C/C=N/N(c1ccccc1)c1ccccc1. The average Bonchev–Trinajstić information content (AvgIpc) is 2.38. The lowest BCUT2D eigenvalue weighted by Crippen LogP contribution is -2.08. The Hall–Kier alpha value is -2.09. The molecule has 0 N–H and O–H groups in total. The molecule has 0 saturated carbocycles. The molecule has 0 heterocycles. The first-order valence-corrected chi connectivity index (χ1v) is 5.30. The molecule has 0 radical (unpaired) electrons. The summed E-state index contributed by atoms with van der Waals surface area (Å²) in [6.07, 6.45) is 1.79. The van der Waals surface area contributed by atoms with Crippen LogP contribution in [0, 0.1) is 0 Å². The van der Waals surface area contributed by atoms with E-state index in [-0.39, 0.29) is 0 Å². The van der Waals surface area contributed by atoms with Crippen molar-refractivity contribution < 1.29 is 0 Å². The first-order chi connectivity index (χ1) is 7.92. The normalized spacial score (nSPS) is 10.6. The highest BCUT2D eigenvalue weighted by Gasteiger charge is 2.05. The Labute approximate surface area is 95.8 Å². The van der Waals surface area contributed by atoms with Crippen molar-refractivity contribution >= 4 is 17.6 Å². The van der Waals surface area contributed by atoms with E-state index in [2.05, 4.69) is 5.10 Å². The maximum Gasteiger partial charge on any atom is 0.0652 e. The lowest BCUT2D eigenvalue weighted by Gasteiger charge is -2.18. The van der Waals surface area contributed by atoms with Crippen molar-refractivity contribution in [3.63, 3.8) is 0 Å². The van der Waals surface area contributed by atoms with E-state index < -0.39 is 0 Å². The number of nitrogens with zero attached hydrogens (tertiary/aromatic N) is 2. The molecule has 0 aromatic heterocycles. The summed E-state index contributed by atoms with van der Waals surface area (Å²) in [7, 11) is 0. The van der Waals surface area contributed by atoms with E-state index in [1.807, 2.05) is 72.6 Å². The minimum absolute atomic E-state index is 1.06. The smallest absolute Gasteiger partial charge is 0.0652 e. The number of anilines is 2. The highest BCUT2D eigenvalue weighted by molar-refractivity contribution is 5.66. The molecule has 0 atom stereocenters. The van der Waals surface area contributed by atoms with Gasteiger partial charge in [0.25, 0.3) is 0 Å². The topological polar surface area (TPSA) is 15.6 Å². The van der Waals surface area contributed by atoms with Crippen LogP contribution in [-0.4, -0.2) is 6.21 Å². The first kappa shape index (κ1) is 10.4. The third-order valence-electron chi connectivity index (χ3n) is 2.23. The molecule has 2 nitrogen and oxygen atoms in total. The van der Waals surface area contributed by atoms with Gasteiger partial charge in [-0.1, -0.05) is 36.4 Å². The monoisotopic (exact) mass is 210 g/mol. The molecule has 0 saturated heterocycles. The van der Waals surface area contributed by atoms with Crippen molar-refractivity contribution in [2.75, 3.05) is 5.01 Å². The largest absolute Gasteiger partial charge is 0.234 e. The number of para-hydroxylation sites is 2. The minimum Gasteiger partial charge on any atom is -0.234 e. The third-order valence-corrected chi connectivity index (χ3v) is 2.23. The maximum absolute atomic E-state index is 4.37. The molecule has 0 aliphatic carbocycles. The number of hydrogen-bond acceptors (Lipinski definition) is 2. The van der Waals surface area contributed by atoms with Crippen LogP contribution in [0.2, 0.25) is 0 Å². The second-order valence-electron chi connectivity index (χ2n) is 3.36. The summed E-state index contributed by atoms with van der Waals surface area (Å²) in [4.78, 5) is 0. The number of rotatable bonds is 3. The molecular formula is C14H14N2. The summed E-state index contributed by atoms with van der Waals surface area (Å²) in [5, 5.41) is 6.29. The highest BCUT2D eigenvalue weighted by Crippen LogP contribution is 2.24. The molecule has 2 aromatic rings. The summed E-state index contributed by atoms with van der Waals surface area (Å²) < 4.78 is 0. The Morgan fingerprint density at radius 1 is 0.812 bits per heavy atom. The van der Waals surface area contributed by atoms with Crippen LogP contribution in [0.25, 0.3) is 0 Å². The van der Waals surface area contributed by atoms with Gasteiger partial charge >= 0.3 is 0 Å². The summed E-state index contributed by atoms with van der Waals surface area (Å²) in [5.74, 6) is 0. The number of hydrogen-bond donors (Lipinski definition) is 0. The van der Waals surface area contributed by atoms with Gasteiger partial charge in [0.05, 0.1) is 11.4 Å². The average molecular weight is 210 g/mol. The van der Waals surface area contributed by atoms with Gasteiger partial charge in [0, 0.05) is 6.21 Å². The quantitative estimate of drug-likeness (QED) is 0.555. The van der Waals surface area contributed by atoms with Gasteiger partial charge in [-0.25, -0.2) is 5.01 Å². The lowest BCUT2D eigenvalue weighted by molar-refractivity contribution is 1.09. The van der Waals surface area contributed by atoms with Gasteiger partial charge in [-0.05, 0) is 31.2 Å². The Bertz CT molecular complexity index is 409. The molecule has 0 unspecified atom stereocenters. The van der Waals surface area contributed by atoms with Gasteiger partial charge in [-0.15, -0.1) is 0 Å². The van der Waals surface area contributed by atoms with E-state index in [1.54, 1.807) is 6.21 Å². The molecule has 0 bridgehead atoms. The Morgan fingerprint density at radius 3 is 1.62 bits per heavy atom. The standard InChI is InChI=1S/C14H14N2/c1-2-15-16(13-9-5-3-6-10-13)14-11-7-4-8-12-14/h2-12H,1H3/b15-2+. The van der Waals surface area contributed by atoms with Crippen LogP contribution in [0.3, 0.4) is 0 Å². The summed E-state index contributed by atoms with van der Waals surface area (Å²) in [6.45, 7) is 1.92. The predicted octanol–water partition coefficient (Wildman–Crippen LogP) is 3.83. The van der Waals surface area contributed by atoms with E-state index in [0.717, 1.165) is 11.4 Å². The maximum atomic E-state index is 4.37. The second kappa shape index (κ2) is 5.12. The van der Waals surface area contributed by atoms with E-state index in [4.69, 9.17) is 0 Å². The minimum atomic E-state index is 1.06. The molecule has 0 aliphatic rings. The fourth-order valence-corrected chi connectivity index (χ4v) is 1.54. The number of benzene rings is 2. The number of hydrazone groups is 1. The van der Waals surface area contributed by atoms with Crippen LogP contribution in [0.4, 0.5) is 11.4 Å². The second-order valence-corrected chi connectivity index (χ2v) is 3.36. The zero-order valence-corrected chi connectivity index (χ0v) is 9.25. The van der Waals surface area contributed by atoms with Crippen LogP contribution in [0.5, 0.6) is 0 Å². The summed E-state index contributed by atoms with van der Waals surface area (Å²) in [5.41, 5.74) is 2.12. The molecule has 0 fully saturated rings. The molecule has 80 valence electrons. The van der Waals surface area contributed by atoms with E-state index in [1.165, 1.54) is 0 Å².